The summed E-state index contributed by atoms with van der Waals surface area (Å²) in [6.07, 6.45) is 4.28. The number of carbonyl (C=O) groups is 1. The minimum atomic E-state index is 0.0665. The van der Waals surface area contributed by atoms with Crippen molar-refractivity contribution in [2.45, 2.75) is 32.7 Å². The zero-order chi connectivity index (χ0) is 15.1. The van der Waals surface area contributed by atoms with Crippen LogP contribution in [0.3, 0.4) is 0 Å². The highest BCUT2D eigenvalue weighted by Crippen LogP contribution is 2.20. The molecule has 0 radical (unpaired) electrons. The summed E-state index contributed by atoms with van der Waals surface area (Å²) in [4.78, 5) is 16.7. The third kappa shape index (κ3) is 5.36. The second-order valence-electron chi connectivity index (χ2n) is 4.66. The first-order chi connectivity index (χ1) is 10.2. The van der Waals surface area contributed by atoms with Gasteiger partial charge in [-0.15, -0.1) is 11.3 Å². The second-order valence-corrected chi connectivity index (χ2v) is 6.36. The number of rotatable bonds is 7. The fourth-order valence-corrected chi connectivity index (χ4v) is 2.70. The Morgan fingerprint density at radius 3 is 2.62 bits per heavy atom. The number of anilines is 2. The molecule has 2 aromatic rings. The number of hydrogen-bond donors (Lipinski definition) is 2. The normalized spacial score (nSPS) is 10.4. The number of amides is 1. The van der Waals surface area contributed by atoms with Crippen molar-refractivity contribution in [1.82, 2.24) is 4.98 Å². The number of carbonyl (C=O) groups excluding carboxylic acids is 1. The van der Waals surface area contributed by atoms with E-state index in [1.54, 1.807) is 6.20 Å². The van der Waals surface area contributed by atoms with Crippen molar-refractivity contribution >= 4 is 40.2 Å². The number of aromatic nitrogens is 1. The summed E-state index contributed by atoms with van der Waals surface area (Å²) in [6.45, 7) is 2.76. The molecule has 0 fully saturated rings. The van der Waals surface area contributed by atoms with Gasteiger partial charge in [0.15, 0.2) is 4.47 Å². The average molecular weight is 324 g/mol. The molecule has 1 aromatic heterocycles. The lowest BCUT2D eigenvalue weighted by Gasteiger charge is -2.07. The van der Waals surface area contributed by atoms with Gasteiger partial charge in [-0.25, -0.2) is 4.98 Å². The molecule has 4 nitrogen and oxygen atoms in total. The Morgan fingerprint density at radius 1 is 1.29 bits per heavy atom. The average Bonchev–Trinajstić information content (AvgIpc) is 2.90. The summed E-state index contributed by atoms with van der Waals surface area (Å²) in [5, 5.41) is 6.18. The summed E-state index contributed by atoms with van der Waals surface area (Å²) < 4.78 is 0.553. The van der Waals surface area contributed by atoms with E-state index in [1.165, 1.54) is 11.3 Å². The summed E-state index contributed by atoms with van der Waals surface area (Å²) in [6, 6.07) is 7.67. The quantitative estimate of drug-likeness (QED) is 0.786. The van der Waals surface area contributed by atoms with Crippen LogP contribution in [0, 0.1) is 0 Å². The van der Waals surface area contributed by atoms with E-state index >= 15 is 0 Å². The van der Waals surface area contributed by atoms with Crippen LogP contribution in [-0.2, 0) is 11.3 Å². The molecule has 0 spiro atoms. The molecule has 0 saturated heterocycles. The summed E-state index contributed by atoms with van der Waals surface area (Å²) in [5.41, 5.74) is 1.81. The Labute approximate surface area is 133 Å². The minimum Gasteiger partial charge on any atom is -0.380 e. The van der Waals surface area contributed by atoms with Crippen molar-refractivity contribution in [2.75, 3.05) is 10.6 Å². The van der Waals surface area contributed by atoms with E-state index in [2.05, 4.69) is 22.5 Å². The monoisotopic (exact) mass is 323 g/mol. The highest BCUT2D eigenvalue weighted by molar-refractivity contribution is 7.15. The zero-order valence-corrected chi connectivity index (χ0v) is 13.4. The molecule has 0 aliphatic rings. The zero-order valence-electron chi connectivity index (χ0n) is 11.9. The molecule has 1 aromatic carbocycles. The van der Waals surface area contributed by atoms with Gasteiger partial charge in [0.05, 0.1) is 6.54 Å². The van der Waals surface area contributed by atoms with Gasteiger partial charge in [-0.3, -0.25) is 4.79 Å². The highest BCUT2D eigenvalue weighted by atomic mass is 35.5. The van der Waals surface area contributed by atoms with Crippen molar-refractivity contribution < 1.29 is 4.79 Å². The molecule has 21 heavy (non-hydrogen) atoms. The lowest BCUT2D eigenvalue weighted by molar-refractivity contribution is -0.116. The number of hydrogen-bond acceptors (Lipinski definition) is 4. The predicted octanol–water partition coefficient (Wildman–Crippen LogP) is 4.54. The molecular formula is C15H18ClN3OS. The maximum atomic E-state index is 11.6. The van der Waals surface area contributed by atoms with Crippen LogP contribution in [0.2, 0.25) is 4.47 Å². The number of unbranched alkanes of at least 4 members (excludes halogenated alkanes) is 1. The smallest absolute Gasteiger partial charge is 0.224 e. The van der Waals surface area contributed by atoms with Crippen LogP contribution in [0.4, 0.5) is 11.4 Å². The van der Waals surface area contributed by atoms with E-state index in [1.807, 2.05) is 24.3 Å². The maximum Gasteiger partial charge on any atom is 0.224 e. The van der Waals surface area contributed by atoms with Gasteiger partial charge in [0, 0.05) is 28.9 Å². The second kappa shape index (κ2) is 8.00. The van der Waals surface area contributed by atoms with Gasteiger partial charge in [0.1, 0.15) is 0 Å². The van der Waals surface area contributed by atoms with E-state index in [-0.39, 0.29) is 5.91 Å². The van der Waals surface area contributed by atoms with Crippen molar-refractivity contribution in [1.29, 1.82) is 0 Å². The van der Waals surface area contributed by atoms with Gasteiger partial charge in [0.2, 0.25) is 5.91 Å². The van der Waals surface area contributed by atoms with Crippen molar-refractivity contribution in [3.63, 3.8) is 0 Å². The van der Waals surface area contributed by atoms with Crippen LogP contribution in [0.15, 0.2) is 30.5 Å². The van der Waals surface area contributed by atoms with Gasteiger partial charge >= 0.3 is 0 Å². The first kappa shape index (κ1) is 15.8. The molecule has 0 saturated carbocycles. The van der Waals surface area contributed by atoms with Crippen LogP contribution < -0.4 is 10.6 Å². The third-order valence-corrected chi connectivity index (χ3v) is 4.03. The molecule has 112 valence electrons. The first-order valence-corrected chi connectivity index (χ1v) is 8.11. The SMILES string of the molecule is CCCCC(=O)Nc1ccc(NCc2cnc(Cl)s2)cc1. The van der Waals surface area contributed by atoms with E-state index in [4.69, 9.17) is 11.6 Å². The van der Waals surface area contributed by atoms with E-state index in [0.717, 1.165) is 29.1 Å². The van der Waals surface area contributed by atoms with E-state index in [0.29, 0.717) is 17.4 Å². The predicted molar refractivity (Wildman–Crippen MR) is 89.0 cm³/mol. The van der Waals surface area contributed by atoms with Crippen molar-refractivity contribution in [3.05, 3.63) is 39.8 Å². The molecule has 0 bridgehead atoms. The van der Waals surface area contributed by atoms with Gasteiger partial charge < -0.3 is 10.6 Å². The first-order valence-electron chi connectivity index (χ1n) is 6.91. The summed E-state index contributed by atoms with van der Waals surface area (Å²) in [7, 11) is 0. The van der Waals surface area contributed by atoms with Crippen LogP contribution >= 0.6 is 22.9 Å². The lowest BCUT2D eigenvalue weighted by atomic mass is 10.2. The molecule has 2 N–H and O–H groups in total. The van der Waals surface area contributed by atoms with Gasteiger partial charge in [-0.2, -0.15) is 0 Å². The number of nitrogens with one attached hydrogen (secondary N) is 2. The number of thiazole rings is 1. The fraction of sp³-hybridized carbons (Fsp3) is 0.333. The Kier molecular flexibility index (Phi) is 6.02. The Balaban J connectivity index is 1.82. The van der Waals surface area contributed by atoms with Gasteiger partial charge in [0.25, 0.3) is 0 Å². The summed E-state index contributed by atoms with van der Waals surface area (Å²) in [5.74, 6) is 0.0665. The number of nitrogens with zero attached hydrogens (tertiary/aromatic N) is 1. The number of halogens is 1. The molecule has 1 amide bonds. The molecule has 0 unspecified atom stereocenters. The van der Waals surface area contributed by atoms with Crippen molar-refractivity contribution in [3.8, 4) is 0 Å². The Morgan fingerprint density at radius 2 is 2.00 bits per heavy atom. The molecule has 0 aliphatic carbocycles. The fourth-order valence-electron chi connectivity index (χ4n) is 1.79. The highest BCUT2D eigenvalue weighted by Gasteiger charge is 2.02. The molecule has 2 rings (SSSR count). The van der Waals surface area contributed by atoms with Gasteiger partial charge in [-0.05, 0) is 30.7 Å². The van der Waals surface area contributed by atoms with E-state index < -0.39 is 0 Å². The molecule has 1 heterocycles. The van der Waals surface area contributed by atoms with Crippen LogP contribution in [0.5, 0.6) is 0 Å². The van der Waals surface area contributed by atoms with Crippen LogP contribution in [0.25, 0.3) is 0 Å². The van der Waals surface area contributed by atoms with E-state index in [9.17, 15) is 4.79 Å². The van der Waals surface area contributed by atoms with Crippen LogP contribution in [0.1, 0.15) is 31.1 Å². The molecule has 6 heteroatoms. The molecular weight excluding hydrogens is 306 g/mol. The Hall–Kier alpha value is -1.59. The van der Waals surface area contributed by atoms with Crippen LogP contribution in [-0.4, -0.2) is 10.9 Å². The Bertz CT molecular complexity index is 583. The standard InChI is InChI=1S/C15H18ClN3OS/c1-2-3-4-14(20)19-12-7-5-11(6-8-12)17-9-13-10-18-15(16)21-13/h5-8,10,17H,2-4,9H2,1H3,(H,19,20). The number of benzene rings is 1. The third-order valence-electron chi connectivity index (χ3n) is 2.92. The van der Waals surface area contributed by atoms with Gasteiger partial charge in [-0.1, -0.05) is 24.9 Å². The topological polar surface area (TPSA) is 54.0 Å². The molecule has 0 atom stereocenters. The molecule has 0 aliphatic heterocycles. The largest absolute Gasteiger partial charge is 0.380 e. The summed E-state index contributed by atoms with van der Waals surface area (Å²) >= 11 is 7.25. The maximum absolute atomic E-state index is 11.6. The minimum absolute atomic E-state index is 0.0665. The van der Waals surface area contributed by atoms with Crippen molar-refractivity contribution in [2.24, 2.45) is 0 Å². The lowest BCUT2D eigenvalue weighted by Crippen LogP contribution is -2.10.